The highest BCUT2D eigenvalue weighted by atomic mass is 19.1. The van der Waals surface area contributed by atoms with Crippen molar-refractivity contribution in [3.05, 3.63) is 63.7 Å². The molecule has 1 N–H and O–H groups in total. The summed E-state index contributed by atoms with van der Waals surface area (Å²) in [5.74, 6) is -1.60. The number of carbonyl (C=O) groups excluding carboxylic acids is 1. The second-order valence-corrected chi connectivity index (χ2v) is 4.07. The Morgan fingerprint density at radius 2 is 2.15 bits per heavy atom. The monoisotopic (exact) mass is 275 g/mol. The highest BCUT2D eigenvalue weighted by Crippen LogP contribution is 2.19. The molecule has 0 saturated carbocycles. The van der Waals surface area contributed by atoms with E-state index in [1.54, 1.807) is 19.2 Å². The number of amides is 1. The number of nitro groups is 1. The number of aromatic nitrogens is 1. The Balaban J connectivity index is 2.24. The van der Waals surface area contributed by atoms with E-state index in [4.69, 9.17) is 0 Å². The summed E-state index contributed by atoms with van der Waals surface area (Å²) in [5.41, 5.74) is 0.637. The molecule has 0 fully saturated rings. The number of aryl methyl sites for hydroxylation is 1. The van der Waals surface area contributed by atoms with Crippen molar-refractivity contribution < 1.29 is 14.1 Å². The smallest absolute Gasteiger partial charge is 0.304 e. The molecule has 0 atom stereocenters. The normalized spacial score (nSPS) is 10.1. The number of nitro benzene ring substituents is 1. The summed E-state index contributed by atoms with van der Waals surface area (Å²) >= 11 is 0. The predicted octanol–water partition coefficient (Wildman–Crippen LogP) is 2.69. The Bertz CT molecular complexity index is 688. The van der Waals surface area contributed by atoms with Crippen LogP contribution in [0.5, 0.6) is 0 Å². The lowest BCUT2D eigenvalue weighted by molar-refractivity contribution is -0.387. The Hall–Kier alpha value is -2.83. The van der Waals surface area contributed by atoms with Crippen molar-refractivity contribution in [3.8, 4) is 0 Å². The molecule has 0 spiro atoms. The highest BCUT2D eigenvalue weighted by molar-refractivity contribution is 6.04. The van der Waals surface area contributed by atoms with E-state index in [-0.39, 0.29) is 5.56 Å². The summed E-state index contributed by atoms with van der Waals surface area (Å²) in [4.78, 5) is 25.5. The molecule has 0 aliphatic rings. The van der Waals surface area contributed by atoms with Crippen LogP contribution in [0, 0.1) is 22.9 Å². The van der Waals surface area contributed by atoms with Crippen LogP contribution in [-0.2, 0) is 0 Å². The SMILES string of the molecule is Cc1cnccc1NC(=O)c1ccc([N+](=O)[O-])c(F)c1. The molecule has 0 bridgehead atoms. The maximum atomic E-state index is 13.4. The number of hydrogen-bond donors (Lipinski definition) is 1. The van der Waals surface area contributed by atoms with Crippen molar-refractivity contribution in [3.63, 3.8) is 0 Å². The zero-order valence-electron chi connectivity index (χ0n) is 10.5. The predicted molar refractivity (Wildman–Crippen MR) is 70.0 cm³/mol. The van der Waals surface area contributed by atoms with Gasteiger partial charge in [-0.2, -0.15) is 4.39 Å². The van der Waals surface area contributed by atoms with Gasteiger partial charge in [-0.05, 0) is 30.7 Å². The molecule has 0 radical (unpaired) electrons. The van der Waals surface area contributed by atoms with Gasteiger partial charge in [-0.3, -0.25) is 19.9 Å². The summed E-state index contributed by atoms with van der Waals surface area (Å²) in [6.07, 6.45) is 3.09. The van der Waals surface area contributed by atoms with Crippen LogP contribution in [0.4, 0.5) is 15.8 Å². The molecule has 102 valence electrons. The molecule has 2 rings (SSSR count). The Morgan fingerprint density at radius 1 is 1.40 bits per heavy atom. The number of rotatable bonds is 3. The summed E-state index contributed by atoms with van der Waals surface area (Å²) in [6.45, 7) is 1.76. The molecule has 2 aromatic rings. The van der Waals surface area contributed by atoms with Crippen LogP contribution in [-0.4, -0.2) is 15.8 Å². The van der Waals surface area contributed by atoms with Gasteiger partial charge in [0.05, 0.1) is 4.92 Å². The van der Waals surface area contributed by atoms with Crippen LogP contribution < -0.4 is 5.32 Å². The molecule has 0 unspecified atom stereocenters. The average molecular weight is 275 g/mol. The molecular weight excluding hydrogens is 265 g/mol. The highest BCUT2D eigenvalue weighted by Gasteiger charge is 2.17. The third kappa shape index (κ3) is 2.77. The number of nitrogens with zero attached hydrogens (tertiary/aromatic N) is 2. The van der Waals surface area contributed by atoms with Crippen molar-refractivity contribution in [1.29, 1.82) is 0 Å². The number of nitrogens with one attached hydrogen (secondary N) is 1. The Labute approximate surface area is 113 Å². The van der Waals surface area contributed by atoms with Gasteiger partial charge in [-0.15, -0.1) is 0 Å². The maximum Gasteiger partial charge on any atom is 0.304 e. The zero-order valence-corrected chi connectivity index (χ0v) is 10.5. The lowest BCUT2D eigenvalue weighted by atomic mass is 10.1. The van der Waals surface area contributed by atoms with E-state index in [2.05, 4.69) is 10.3 Å². The number of benzene rings is 1. The van der Waals surface area contributed by atoms with E-state index in [9.17, 15) is 19.3 Å². The minimum Gasteiger partial charge on any atom is -0.322 e. The van der Waals surface area contributed by atoms with Crippen LogP contribution in [0.2, 0.25) is 0 Å². The van der Waals surface area contributed by atoms with Gasteiger partial charge in [0.15, 0.2) is 0 Å². The first-order valence-electron chi connectivity index (χ1n) is 5.65. The topological polar surface area (TPSA) is 85.1 Å². The molecule has 6 nitrogen and oxygen atoms in total. The fraction of sp³-hybridized carbons (Fsp3) is 0.0769. The standard InChI is InChI=1S/C13H10FN3O3/c1-8-7-15-5-4-11(8)16-13(18)9-2-3-12(17(19)20)10(14)6-9/h2-7H,1H3,(H,15,16,18). The van der Waals surface area contributed by atoms with Gasteiger partial charge in [-0.25, -0.2) is 0 Å². The number of anilines is 1. The molecule has 7 heteroatoms. The fourth-order valence-electron chi connectivity index (χ4n) is 1.60. The number of carbonyl (C=O) groups is 1. The molecule has 1 amide bonds. The minimum absolute atomic E-state index is 0.00399. The van der Waals surface area contributed by atoms with Gasteiger partial charge < -0.3 is 5.32 Å². The van der Waals surface area contributed by atoms with Crippen molar-refractivity contribution >= 4 is 17.3 Å². The van der Waals surface area contributed by atoms with Crippen molar-refractivity contribution in [2.45, 2.75) is 6.92 Å². The van der Waals surface area contributed by atoms with E-state index in [0.717, 1.165) is 17.7 Å². The van der Waals surface area contributed by atoms with E-state index in [1.165, 1.54) is 12.3 Å². The molecular formula is C13H10FN3O3. The zero-order chi connectivity index (χ0) is 14.7. The molecule has 1 aromatic heterocycles. The van der Waals surface area contributed by atoms with E-state index in [0.29, 0.717) is 5.69 Å². The summed E-state index contributed by atoms with van der Waals surface area (Å²) < 4.78 is 13.4. The number of pyridine rings is 1. The first-order chi connectivity index (χ1) is 9.49. The van der Waals surface area contributed by atoms with Gasteiger partial charge in [-0.1, -0.05) is 0 Å². The number of hydrogen-bond acceptors (Lipinski definition) is 4. The minimum atomic E-state index is -1.05. The van der Waals surface area contributed by atoms with E-state index < -0.39 is 22.3 Å². The molecule has 0 aliphatic carbocycles. The summed E-state index contributed by atoms with van der Waals surface area (Å²) in [6, 6.07) is 4.61. The van der Waals surface area contributed by atoms with Crippen molar-refractivity contribution in [1.82, 2.24) is 4.98 Å². The molecule has 1 heterocycles. The summed E-state index contributed by atoms with van der Waals surface area (Å²) in [7, 11) is 0. The van der Waals surface area contributed by atoms with Crippen LogP contribution >= 0.6 is 0 Å². The lowest BCUT2D eigenvalue weighted by Gasteiger charge is -2.07. The van der Waals surface area contributed by atoms with Crippen LogP contribution in [0.1, 0.15) is 15.9 Å². The Morgan fingerprint density at radius 3 is 2.75 bits per heavy atom. The average Bonchev–Trinajstić information content (AvgIpc) is 2.40. The van der Waals surface area contributed by atoms with Crippen molar-refractivity contribution in [2.24, 2.45) is 0 Å². The molecule has 0 saturated heterocycles. The van der Waals surface area contributed by atoms with Gasteiger partial charge >= 0.3 is 5.69 Å². The fourth-order valence-corrected chi connectivity index (χ4v) is 1.60. The molecule has 0 aliphatic heterocycles. The second-order valence-electron chi connectivity index (χ2n) is 4.07. The first kappa shape index (κ1) is 13.6. The van der Waals surface area contributed by atoms with Gasteiger partial charge in [0.25, 0.3) is 5.91 Å². The molecule has 20 heavy (non-hydrogen) atoms. The third-order valence-corrected chi connectivity index (χ3v) is 2.68. The van der Waals surface area contributed by atoms with Crippen molar-refractivity contribution in [2.75, 3.05) is 5.32 Å². The van der Waals surface area contributed by atoms with E-state index >= 15 is 0 Å². The van der Waals surface area contributed by atoms with Crippen LogP contribution in [0.3, 0.4) is 0 Å². The van der Waals surface area contributed by atoms with Gasteiger partial charge in [0.2, 0.25) is 5.82 Å². The van der Waals surface area contributed by atoms with Crippen LogP contribution in [0.15, 0.2) is 36.7 Å². The number of halogens is 1. The summed E-state index contributed by atoms with van der Waals surface area (Å²) in [5, 5.41) is 13.1. The van der Waals surface area contributed by atoms with Gasteiger partial charge in [0.1, 0.15) is 0 Å². The molecule has 1 aromatic carbocycles. The quantitative estimate of drug-likeness (QED) is 0.689. The van der Waals surface area contributed by atoms with Crippen LogP contribution in [0.25, 0.3) is 0 Å². The van der Waals surface area contributed by atoms with E-state index in [1.807, 2.05) is 0 Å². The Kier molecular flexibility index (Phi) is 3.69. The lowest BCUT2D eigenvalue weighted by Crippen LogP contribution is -2.13. The maximum absolute atomic E-state index is 13.4. The van der Waals surface area contributed by atoms with Gasteiger partial charge in [0, 0.05) is 29.7 Å². The first-order valence-corrected chi connectivity index (χ1v) is 5.65. The largest absolute Gasteiger partial charge is 0.322 e. The third-order valence-electron chi connectivity index (χ3n) is 2.68. The second kappa shape index (κ2) is 5.43.